The Morgan fingerprint density at radius 2 is 1.64 bits per heavy atom. The van der Waals surface area contributed by atoms with E-state index >= 15 is 0 Å². The highest BCUT2D eigenvalue weighted by atomic mass is 127. The molecule has 2 aromatic carbocycles. The molecule has 0 saturated carbocycles. The lowest BCUT2D eigenvalue weighted by atomic mass is 9.98. The van der Waals surface area contributed by atoms with E-state index < -0.39 is 5.97 Å². The number of phenols is 2. The molecule has 0 spiro atoms. The van der Waals surface area contributed by atoms with Crippen molar-refractivity contribution in [2.24, 2.45) is 0 Å². The summed E-state index contributed by atoms with van der Waals surface area (Å²) in [5.74, 6) is -0.202. The van der Waals surface area contributed by atoms with Gasteiger partial charge in [0, 0.05) is 29.9 Å². The van der Waals surface area contributed by atoms with Crippen molar-refractivity contribution in [2.75, 3.05) is 0 Å². The summed E-state index contributed by atoms with van der Waals surface area (Å²) in [5, 5.41) is 21.1. The molecule has 0 aliphatic rings. The maximum atomic E-state index is 13.6. The molecule has 0 aliphatic carbocycles. The number of ketones is 1. The predicted molar refractivity (Wildman–Crippen MR) is 143 cm³/mol. The molecule has 0 saturated heterocycles. The SMILES string of the molecule is CCCCCc1oc2cc(OC(=O)CCCC)c(O)cc2c1C(=O)c1cc(I)c(O)c(I)c1. The number of phenolic OH excluding ortho intramolecular Hbond substituents is 2. The van der Waals surface area contributed by atoms with Gasteiger partial charge in [0.25, 0.3) is 0 Å². The average molecular weight is 676 g/mol. The number of ether oxygens (including phenoxy) is 1. The van der Waals surface area contributed by atoms with Crippen LogP contribution < -0.4 is 4.74 Å². The second kappa shape index (κ2) is 11.5. The Bertz CT molecular complexity index is 1160. The van der Waals surface area contributed by atoms with Gasteiger partial charge in [0.05, 0.1) is 12.7 Å². The molecule has 0 aliphatic heterocycles. The number of rotatable bonds is 10. The molecule has 0 atom stereocenters. The number of aromatic hydroxyl groups is 2. The van der Waals surface area contributed by atoms with Crippen LogP contribution >= 0.6 is 45.2 Å². The third-order valence-corrected chi connectivity index (χ3v) is 6.96. The van der Waals surface area contributed by atoms with Crippen LogP contribution in [0.4, 0.5) is 0 Å². The number of hydrogen-bond donors (Lipinski definition) is 2. The zero-order valence-electron chi connectivity index (χ0n) is 18.5. The third-order valence-electron chi connectivity index (χ3n) is 5.31. The van der Waals surface area contributed by atoms with Crippen molar-refractivity contribution in [3.05, 3.63) is 48.3 Å². The van der Waals surface area contributed by atoms with Crippen LogP contribution in [0.25, 0.3) is 11.0 Å². The normalized spacial score (nSPS) is 11.2. The summed E-state index contributed by atoms with van der Waals surface area (Å²) in [7, 11) is 0. The maximum Gasteiger partial charge on any atom is 0.311 e. The summed E-state index contributed by atoms with van der Waals surface area (Å²) >= 11 is 3.98. The van der Waals surface area contributed by atoms with E-state index in [4.69, 9.17) is 9.15 Å². The molecule has 3 rings (SSSR count). The second-order valence-corrected chi connectivity index (χ2v) is 10.2. The van der Waals surface area contributed by atoms with Crippen LogP contribution in [0.5, 0.6) is 17.2 Å². The number of benzene rings is 2. The number of fused-ring (bicyclic) bond motifs is 1. The third kappa shape index (κ3) is 6.00. The highest BCUT2D eigenvalue weighted by Crippen LogP contribution is 2.38. The van der Waals surface area contributed by atoms with Crippen LogP contribution in [0.1, 0.15) is 74.1 Å². The fourth-order valence-electron chi connectivity index (χ4n) is 3.54. The van der Waals surface area contributed by atoms with Crippen LogP contribution in [0.15, 0.2) is 28.7 Å². The van der Waals surface area contributed by atoms with Crippen molar-refractivity contribution in [1.82, 2.24) is 0 Å². The molecular weight excluding hydrogens is 650 g/mol. The number of carbonyl (C=O) groups excluding carboxylic acids is 2. The molecule has 8 heteroatoms. The Labute approximate surface area is 220 Å². The van der Waals surface area contributed by atoms with Gasteiger partial charge >= 0.3 is 5.97 Å². The molecule has 176 valence electrons. The van der Waals surface area contributed by atoms with Gasteiger partial charge < -0.3 is 19.4 Å². The van der Waals surface area contributed by atoms with Crippen molar-refractivity contribution in [2.45, 2.75) is 58.8 Å². The first-order valence-corrected chi connectivity index (χ1v) is 13.1. The number of furan rings is 1. The van der Waals surface area contributed by atoms with E-state index in [-0.39, 0.29) is 29.5 Å². The first kappa shape index (κ1) is 25.8. The van der Waals surface area contributed by atoms with Crippen molar-refractivity contribution < 1.29 is 29.0 Å². The van der Waals surface area contributed by atoms with E-state index in [9.17, 15) is 19.8 Å². The lowest BCUT2D eigenvalue weighted by molar-refractivity contribution is -0.134. The van der Waals surface area contributed by atoms with Crippen molar-refractivity contribution >= 4 is 67.9 Å². The molecule has 0 fully saturated rings. The van der Waals surface area contributed by atoms with Crippen LogP contribution in [0.3, 0.4) is 0 Å². The second-order valence-electron chi connectivity index (χ2n) is 7.87. The van der Waals surface area contributed by atoms with Crippen LogP contribution in [-0.4, -0.2) is 22.0 Å². The van der Waals surface area contributed by atoms with Crippen molar-refractivity contribution in [3.8, 4) is 17.2 Å². The average Bonchev–Trinajstić information content (AvgIpc) is 3.12. The first-order valence-electron chi connectivity index (χ1n) is 11.0. The van der Waals surface area contributed by atoms with Gasteiger partial charge in [-0.25, -0.2) is 0 Å². The largest absolute Gasteiger partial charge is 0.506 e. The summed E-state index contributed by atoms with van der Waals surface area (Å²) in [5.41, 5.74) is 1.19. The van der Waals surface area contributed by atoms with Gasteiger partial charge in [-0.2, -0.15) is 0 Å². The van der Waals surface area contributed by atoms with Crippen molar-refractivity contribution in [1.29, 1.82) is 0 Å². The Balaban J connectivity index is 2.07. The number of halogens is 2. The summed E-state index contributed by atoms with van der Waals surface area (Å²) in [6.07, 6.45) is 5.26. The number of unbranched alkanes of at least 4 members (excludes halogenated alkanes) is 3. The quantitative estimate of drug-likeness (QED) is 0.0782. The standard InChI is InChI=1S/C25H26I2O6/c1-3-5-7-8-19-23(24(30)14-10-16(26)25(31)17(27)11-14)15-12-18(28)21(13-20(15)32-19)33-22(29)9-6-4-2/h10-13,28,31H,3-9H2,1-2H3. The van der Waals surface area contributed by atoms with Gasteiger partial charge in [0.1, 0.15) is 17.1 Å². The monoisotopic (exact) mass is 676 g/mol. The first-order chi connectivity index (χ1) is 15.8. The Kier molecular flexibility index (Phi) is 9.02. The minimum atomic E-state index is -0.425. The number of carbonyl (C=O) groups is 2. The minimum Gasteiger partial charge on any atom is -0.506 e. The van der Waals surface area contributed by atoms with Gasteiger partial charge in [0.15, 0.2) is 17.3 Å². The number of hydrogen-bond acceptors (Lipinski definition) is 6. The van der Waals surface area contributed by atoms with E-state index in [1.165, 1.54) is 12.1 Å². The Morgan fingerprint density at radius 3 is 2.27 bits per heavy atom. The van der Waals surface area contributed by atoms with Gasteiger partial charge in [0.2, 0.25) is 0 Å². The fraction of sp³-hybridized carbons (Fsp3) is 0.360. The van der Waals surface area contributed by atoms with Gasteiger partial charge in [-0.1, -0.05) is 33.1 Å². The van der Waals surface area contributed by atoms with E-state index in [0.29, 0.717) is 47.8 Å². The molecule has 1 aromatic heterocycles. The molecule has 0 radical (unpaired) electrons. The molecular formula is C25H26I2O6. The lowest BCUT2D eigenvalue weighted by Gasteiger charge is -2.08. The molecule has 0 amide bonds. The molecule has 33 heavy (non-hydrogen) atoms. The number of esters is 1. The van der Waals surface area contributed by atoms with Crippen molar-refractivity contribution in [3.63, 3.8) is 0 Å². The van der Waals surface area contributed by atoms with Crippen LogP contribution in [0, 0.1) is 7.14 Å². The van der Waals surface area contributed by atoms with E-state index in [2.05, 4.69) is 6.92 Å². The molecule has 1 heterocycles. The topological polar surface area (TPSA) is 97.0 Å². The van der Waals surface area contributed by atoms with Crippen LogP contribution in [0.2, 0.25) is 0 Å². The Morgan fingerprint density at radius 1 is 0.970 bits per heavy atom. The Hall–Kier alpha value is -1.82. The molecule has 2 N–H and O–H groups in total. The minimum absolute atomic E-state index is 0.0187. The highest BCUT2D eigenvalue weighted by Gasteiger charge is 2.25. The zero-order chi connectivity index (χ0) is 24.1. The molecule has 6 nitrogen and oxygen atoms in total. The molecule has 3 aromatic rings. The zero-order valence-corrected chi connectivity index (χ0v) is 22.9. The highest BCUT2D eigenvalue weighted by molar-refractivity contribution is 14.1. The van der Waals surface area contributed by atoms with E-state index in [1.54, 1.807) is 12.1 Å². The maximum absolute atomic E-state index is 13.6. The lowest BCUT2D eigenvalue weighted by Crippen LogP contribution is -2.07. The summed E-state index contributed by atoms with van der Waals surface area (Å²) in [4.78, 5) is 25.6. The van der Waals surface area contributed by atoms with Gasteiger partial charge in [-0.3, -0.25) is 9.59 Å². The summed E-state index contributed by atoms with van der Waals surface area (Å²) in [6.45, 7) is 4.08. The molecule has 0 bridgehead atoms. The smallest absolute Gasteiger partial charge is 0.311 e. The van der Waals surface area contributed by atoms with Gasteiger partial charge in [-0.15, -0.1) is 0 Å². The van der Waals surface area contributed by atoms with E-state index in [0.717, 1.165) is 25.7 Å². The summed E-state index contributed by atoms with van der Waals surface area (Å²) in [6, 6.07) is 6.17. The molecule has 0 unspecified atom stereocenters. The fourth-order valence-corrected chi connectivity index (χ4v) is 5.31. The van der Waals surface area contributed by atoms with Crippen LogP contribution in [-0.2, 0) is 11.2 Å². The van der Waals surface area contributed by atoms with E-state index in [1.807, 2.05) is 52.1 Å². The predicted octanol–water partition coefficient (Wildman–Crippen LogP) is 7.11. The number of aryl methyl sites for hydroxylation is 1. The summed E-state index contributed by atoms with van der Waals surface area (Å²) < 4.78 is 12.5. The van der Waals surface area contributed by atoms with Gasteiger partial charge in [-0.05, 0) is 76.2 Å².